The smallest absolute Gasteiger partial charge is 0.0548 e. The Kier molecular flexibility index (Phi) is 3.68. The maximum Gasteiger partial charge on any atom is 0.0548 e. The number of allylic oxidation sites excluding steroid dienone is 1. The van der Waals surface area contributed by atoms with Gasteiger partial charge in [0.1, 0.15) is 0 Å². The highest BCUT2D eigenvalue weighted by Gasteiger charge is 2.33. The van der Waals surface area contributed by atoms with Gasteiger partial charge in [0, 0.05) is 30.9 Å². The lowest BCUT2D eigenvalue weighted by atomic mass is 10.0. The van der Waals surface area contributed by atoms with Gasteiger partial charge in [-0.15, -0.1) is 0 Å². The predicted octanol–water partition coefficient (Wildman–Crippen LogP) is 3.62. The van der Waals surface area contributed by atoms with Crippen molar-refractivity contribution in [1.82, 2.24) is 15.3 Å². The Bertz CT molecular complexity index is 671. The summed E-state index contributed by atoms with van der Waals surface area (Å²) in [6.07, 6.45) is 4.84. The second-order valence-electron chi connectivity index (χ2n) is 7.47. The maximum atomic E-state index is 3.59. The predicted molar refractivity (Wildman–Crippen MR) is 94.5 cm³/mol. The van der Waals surface area contributed by atoms with Gasteiger partial charge in [-0.25, -0.2) is 5.01 Å². The van der Waals surface area contributed by atoms with Gasteiger partial charge in [-0.05, 0) is 42.9 Å². The van der Waals surface area contributed by atoms with Crippen molar-refractivity contribution in [3.63, 3.8) is 0 Å². The fourth-order valence-electron chi connectivity index (χ4n) is 4.30. The Morgan fingerprint density at radius 1 is 1.26 bits per heavy atom. The molecule has 0 saturated carbocycles. The number of hydrogen-bond donors (Lipinski definition) is 1. The standard InChI is InChI=1S/C20H27N3/c1-14(2)12-22-13-18-15(3)23(11-10-19(18)21-22)20-9-8-16-6-4-5-7-17(16)20/h4-7,10,14,20-21H,8-9,11-13H2,1-3H3. The first-order valence-corrected chi connectivity index (χ1v) is 8.90. The number of fused-ring (bicyclic) bond motifs is 2. The van der Waals surface area contributed by atoms with E-state index in [0.29, 0.717) is 12.0 Å². The molecule has 23 heavy (non-hydrogen) atoms. The molecule has 122 valence electrons. The van der Waals surface area contributed by atoms with Crippen LogP contribution in [0.2, 0.25) is 0 Å². The topological polar surface area (TPSA) is 18.5 Å². The Morgan fingerprint density at radius 3 is 2.91 bits per heavy atom. The summed E-state index contributed by atoms with van der Waals surface area (Å²) in [4.78, 5) is 2.62. The molecule has 1 aromatic carbocycles. The lowest BCUT2D eigenvalue weighted by Gasteiger charge is -2.35. The fraction of sp³-hybridized carbons (Fsp3) is 0.500. The van der Waals surface area contributed by atoms with Crippen LogP contribution in [0.5, 0.6) is 0 Å². The van der Waals surface area contributed by atoms with E-state index in [1.54, 1.807) is 0 Å². The molecule has 1 saturated heterocycles. The second-order valence-corrected chi connectivity index (χ2v) is 7.47. The zero-order chi connectivity index (χ0) is 16.0. The lowest BCUT2D eigenvalue weighted by Crippen LogP contribution is -2.33. The number of benzene rings is 1. The molecule has 2 heterocycles. The van der Waals surface area contributed by atoms with E-state index in [4.69, 9.17) is 0 Å². The van der Waals surface area contributed by atoms with Gasteiger partial charge in [0.05, 0.1) is 11.7 Å². The average molecular weight is 309 g/mol. The van der Waals surface area contributed by atoms with Crippen molar-refractivity contribution in [3.05, 3.63) is 58.4 Å². The van der Waals surface area contributed by atoms with E-state index >= 15 is 0 Å². The van der Waals surface area contributed by atoms with Crippen LogP contribution in [0.25, 0.3) is 0 Å². The highest BCUT2D eigenvalue weighted by atomic mass is 15.5. The quantitative estimate of drug-likeness (QED) is 0.920. The summed E-state index contributed by atoms with van der Waals surface area (Å²) in [5.74, 6) is 0.682. The summed E-state index contributed by atoms with van der Waals surface area (Å²) in [5.41, 5.74) is 11.0. The van der Waals surface area contributed by atoms with E-state index in [2.05, 4.69) is 66.4 Å². The van der Waals surface area contributed by atoms with Crippen molar-refractivity contribution in [2.24, 2.45) is 5.92 Å². The monoisotopic (exact) mass is 309 g/mol. The van der Waals surface area contributed by atoms with E-state index < -0.39 is 0 Å². The Morgan fingerprint density at radius 2 is 2.09 bits per heavy atom. The van der Waals surface area contributed by atoms with Crippen LogP contribution >= 0.6 is 0 Å². The van der Waals surface area contributed by atoms with Crippen molar-refractivity contribution in [2.75, 3.05) is 19.6 Å². The Balaban J connectivity index is 1.59. The molecule has 0 bridgehead atoms. The summed E-state index contributed by atoms with van der Waals surface area (Å²) < 4.78 is 0. The molecule has 3 nitrogen and oxygen atoms in total. The Labute approximate surface area is 139 Å². The van der Waals surface area contributed by atoms with Gasteiger partial charge in [0.25, 0.3) is 0 Å². The molecule has 1 N–H and O–H groups in total. The number of aryl methyl sites for hydroxylation is 1. The number of rotatable bonds is 3. The summed E-state index contributed by atoms with van der Waals surface area (Å²) in [6.45, 7) is 10.0. The minimum absolute atomic E-state index is 0.552. The molecular weight excluding hydrogens is 282 g/mol. The molecule has 1 unspecified atom stereocenters. The minimum Gasteiger partial charge on any atom is -0.364 e. The van der Waals surface area contributed by atoms with Gasteiger partial charge in [0.2, 0.25) is 0 Å². The van der Waals surface area contributed by atoms with Crippen molar-refractivity contribution in [3.8, 4) is 0 Å². The lowest BCUT2D eigenvalue weighted by molar-refractivity contribution is 0.237. The van der Waals surface area contributed by atoms with E-state index in [-0.39, 0.29) is 0 Å². The molecule has 1 aliphatic carbocycles. The molecule has 1 atom stereocenters. The van der Waals surface area contributed by atoms with Crippen LogP contribution in [-0.2, 0) is 6.42 Å². The summed E-state index contributed by atoms with van der Waals surface area (Å²) in [5, 5.41) is 2.36. The SMILES string of the molecule is CC1=C2CN(CC(C)C)NC2=CCN1C1CCc2ccccc21. The normalized spacial score (nSPS) is 23.9. The summed E-state index contributed by atoms with van der Waals surface area (Å²) >= 11 is 0. The molecular formula is C20H27N3. The van der Waals surface area contributed by atoms with E-state index in [1.807, 2.05) is 0 Å². The highest BCUT2D eigenvalue weighted by molar-refractivity contribution is 5.43. The third-order valence-corrected chi connectivity index (χ3v) is 5.38. The van der Waals surface area contributed by atoms with Crippen LogP contribution in [0.1, 0.15) is 44.4 Å². The zero-order valence-corrected chi connectivity index (χ0v) is 14.5. The number of nitrogens with one attached hydrogen (secondary N) is 1. The van der Waals surface area contributed by atoms with Crippen LogP contribution in [-0.4, -0.2) is 29.5 Å². The van der Waals surface area contributed by atoms with Gasteiger partial charge in [0.15, 0.2) is 0 Å². The fourth-order valence-corrected chi connectivity index (χ4v) is 4.30. The highest BCUT2D eigenvalue weighted by Crippen LogP contribution is 2.40. The first kappa shape index (κ1) is 14.8. The van der Waals surface area contributed by atoms with Crippen molar-refractivity contribution < 1.29 is 0 Å². The molecule has 1 aromatic rings. The van der Waals surface area contributed by atoms with E-state index in [0.717, 1.165) is 19.6 Å². The molecule has 4 rings (SSSR count). The largest absolute Gasteiger partial charge is 0.364 e. The van der Waals surface area contributed by atoms with Crippen LogP contribution in [0, 0.1) is 5.92 Å². The number of nitrogens with zero attached hydrogens (tertiary/aromatic N) is 2. The van der Waals surface area contributed by atoms with Crippen molar-refractivity contribution >= 4 is 0 Å². The van der Waals surface area contributed by atoms with Crippen molar-refractivity contribution in [2.45, 2.75) is 39.7 Å². The molecule has 2 aliphatic heterocycles. The van der Waals surface area contributed by atoms with Gasteiger partial charge < -0.3 is 10.3 Å². The number of hydrazine groups is 1. The van der Waals surface area contributed by atoms with Crippen molar-refractivity contribution in [1.29, 1.82) is 0 Å². The Hall–Kier alpha value is -1.74. The van der Waals surface area contributed by atoms with Gasteiger partial charge in [-0.1, -0.05) is 38.1 Å². The third kappa shape index (κ3) is 2.57. The van der Waals surface area contributed by atoms with Gasteiger partial charge >= 0.3 is 0 Å². The number of hydrogen-bond acceptors (Lipinski definition) is 3. The molecule has 3 heteroatoms. The van der Waals surface area contributed by atoms with E-state index in [1.165, 1.54) is 40.9 Å². The van der Waals surface area contributed by atoms with Crippen LogP contribution in [0.15, 0.2) is 47.3 Å². The average Bonchev–Trinajstić information content (AvgIpc) is 3.11. The minimum atomic E-state index is 0.552. The molecule has 0 amide bonds. The van der Waals surface area contributed by atoms with Gasteiger partial charge in [-0.3, -0.25) is 0 Å². The molecule has 1 fully saturated rings. The molecule has 0 radical (unpaired) electrons. The zero-order valence-electron chi connectivity index (χ0n) is 14.5. The van der Waals surface area contributed by atoms with Gasteiger partial charge in [-0.2, -0.15) is 0 Å². The molecule has 3 aliphatic rings. The maximum absolute atomic E-state index is 3.59. The second kappa shape index (κ2) is 5.72. The summed E-state index contributed by atoms with van der Waals surface area (Å²) in [6, 6.07) is 9.53. The summed E-state index contributed by atoms with van der Waals surface area (Å²) in [7, 11) is 0. The van der Waals surface area contributed by atoms with Crippen LogP contribution < -0.4 is 5.43 Å². The van der Waals surface area contributed by atoms with E-state index in [9.17, 15) is 0 Å². The third-order valence-electron chi connectivity index (χ3n) is 5.38. The van der Waals surface area contributed by atoms with Crippen LogP contribution in [0.4, 0.5) is 0 Å². The van der Waals surface area contributed by atoms with Crippen LogP contribution in [0.3, 0.4) is 0 Å². The first-order chi connectivity index (χ1) is 11.1. The first-order valence-electron chi connectivity index (χ1n) is 8.90. The molecule has 0 spiro atoms. The molecule has 0 aromatic heterocycles.